The molecule has 4 nitrogen and oxygen atoms in total. The van der Waals surface area contributed by atoms with Crippen LogP contribution >= 0.6 is 0 Å². The minimum Gasteiger partial charge on any atom is -0.302 e. The number of nitrogens with zero attached hydrogens (tertiary/aromatic N) is 1. The van der Waals surface area contributed by atoms with Gasteiger partial charge in [-0.25, -0.2) is 9.40 Å². The molecule has 5 heteroatoms. The number of nitrogens with one attached hydrogen (secondary N) is 2. The average molecular weight is 288 g/mol. The van der Waals surface area contributed by atoms with Gasteiger partial charge in [-0.1, -0.05) is 12.1 Å². The molecule has 0 saturated carbocycles. The van der Waals surface area contributed by atoms with Gasteiger partial charge in [-0.05, 0) is 17.7 Å². The minimum absolute atomic E-state index is 0.0290. The molecule has 1 fully saturated rings. The lowest BCUT2D eigenvalue weighted by Crippen LogP contribution is -3.13. The number of hydrazine groups is 1. The van der Waals surface area contributed by atoms with Crippen LogP contribution in [0, 0.1) is 11.7 Å². The number of halogens is 1. The summed E-state index contributed by atoms with van der Waals surface area (Å²) in [6.07, 6.45) is 2.34. The molecule has 4 heterocycles. The van der Waals surface area contributed by atoms with Crippen molar-refractivity contribution in [2.24, 2.45) is 5.92 Å². The van der Waals surface area contributed by atoms with Gasteiger partial charge in [-0.2, -0.15) is 0 Å². The monoisotopic (exact) mass is 288 g/mol. The van der Waals surface area contributed by atoms with E-state index in [0.29, 0.717) is 5.92 Å². The first kappa shape index (κ1) is 12.8. The lowest BCUT2D eigenvalue weighted by Gasteiger charge is -2.36. The molecule has 5 rings (SSSR count). The van der Waals surface area contributed by atoms with E-state index in [-0.39, 0.29) is 17.8 Å². The number of allylic oxidation sites excluding steroid dienone is 1. The van der Waals surface area contributed by atoms with Crippen molar-refractivity contribution in [2.75, 3.05) is 13.1 Å². The first-order valence-electron chi connectivity index (χ1n) is 7.56. The molecule has 0 aliphatic carbocycles. The molecule has 110 valence electrons. The van der Waals surface area contributed by atoms with Crippen LogP contribution in [0.4, 0.5) is 4.39 Å². The highest BCUT2D eigenvalue weighted by Gasteiger charge is 2.49. The van der Waals surface area contributed by atoms with E-state index in [2.05, 4.69) is 5.43 Å². The molecule has 2 N–H and O–H groups in total. The average Bonchev–Trinajstić information content (AvgIpc) is 2.91. The van der Waals surface area contributed by atoms with Crippen molar-refractivity contribution in [3.63, 3.8) is 0 Å². The minimum atomic E-state index is -0.254. The Hall–Kier alpha value is -1.88. The fourth-order valence-electron chi connectivity index (χ4n) is 4.00. The summed E-state index contributed by atoms with van der Waals surface area (Å²) in [6.45, 7) is 3.79. The number of carbonyl (C=O) groups excluding carboxylic acids is 1. The van der Waals surface area contributed by atoms with Gasteiger partial charge in [0.05, 0.1) is 18.8 Å². The maximum atomic E-state index is 13.6. The topological polar surface area (TPSA) is 36.8 Å². The number of fused-ring (bicyclic) bond motifs is 2. The van der Waals surface area contributed by atoms with Gasteiger partial charge in [0.15, 0.2) is 11.7 Å². The van der Waals surface area contributed by atoms with Gasteiger partial charge in [0.25, 0.3) is 0 Å². The lowest BCUT2D eigenvalue weighted by molar-refractivity contribution is -0.875. The summed E-state index contributed by atoms with van der Waals surface area (Å²) in [5.74, 6) is 0.243. The summed E-state index contributed by atoms with van der Waals surface area (Å²) < 4.78 is 13.6. The second-order valence-electron chi connectivity index (χ2n) is 6.16. The van der Waals surface area contributed by atoms with Gasteiger partial charge < -0.3 is 4.90 Å². The molecule has 1 saturated heterocycles. The van der Waals surface area contributed by atoms with Crippen molar-refractivity contribution >= 4 is 5.91 Å². The number of benzene rings is 1. The quantitative estimate of drug-likeness (QED) is 0.800. The van der Waals surface area contributed by atoms with Crippen molar-refractivity contribution in [3.8, 4) is 0 Å². The predicted molar refractivity (Wildman–Crippen MR) is 75.2 cm³/mol. The number of carbonyl (C=O) groups is 1. The van der Waals surface area contributed by atoms with Crippen LogP contribution < -0.4 is 10.3 Å². The molecule has 1 aromatic carbocycles. The van der Waals surface area contributed by atoms with Gasteiger partial charge in [0.1, 0.15) is 5.82 Å². The third kappa shape index (κ3) is 1.87. The van der Waals surface area contributed by atoms with E-state index >= 15 is 0 Å². The Labute approximate surface area is 123 Å². The summed E-state index contributed by atoms with van der Waals surface area (Å²) in [6, 6.07) is 6.43. The molecular weight excluding hydrogens is 269 g/mol. The SMILES string of the molecule is CC(=O)N1NC2=C(C1c1cccc(F)c1)[NH+]1CCC2CC1. The van der Waals surface area contributed by atoms with Gasteiger partial charge in [-0.15, -0.1) is 0 Å². The molecule has 2 bridgehead atoms. The van der Waals surface area contributed by atoms with Gasteiger partial charge in [0, 0.05) is 25.7 Å². The molecule has 1 unspecified atom stereocenters. The molecule has 21 heavy (non-hydrogen) atoms. The molecule has 1 amide bonds. The Morgan fingerprint density at radius 3 is 2.81 bits per heavy atom. The first-order chi connectivity index (χ1) is 10.1. The molecule has 4 aliphatic heterocycles. The molecular formula is C16H19FN3O+. The van der Waals surface area contributed by atoms with E-state index in [1.165, 1.54) is 35.2 Å². The van der Waals surface area contributed by atoms with E-state index in [1.54, 1.807) is 24.1 Å². The fourth-order valence-corrected chi connectivity index (χ4v) is 4.00. The molecule has 0 radical (unpaired) electrons. The van der Waals surface area contributed by atoms with Crippen LogP contribution in [0.5, 0.6) is 0 Å². The number of hydrogen-bond acceptors (Lipinski definition) is 2. The Balaban J connectivity index is 1.83. The lowest BCUT2D eigenvalue weighted by atomic mass is 9.85. The van der Waals surface area contributed by atoms with E-state index in [0.717, 1.165) is 18.7 Å². The number of quaternary nitrogens is 1. The summed E-state index contributed by atoms with van der Waals surface area (Å²) in [7, 11) is 0. The second kappa shape index (κ2) is 4.56. The Bertz CT molecular complexity index is 634. The zero-order chi connectivity index (χ0) is 14.6. The highest BCUT2D eigenvalue weighted by Crippen LogP contribution is 2.39. The largest absolute Gasteiger partial charge is 0.302 e. The standard InChI is InChI=1S/C16H18FN3O/c1-10(21)20-15(12-3-2-4-13(17)9-12)16-14(18-20)11-5-7-19(16)8-6-11/h2-4,9,11,15,18H,5-8H2,1H3/p+1. The maximum Gasteiger partial charge on any atom is 0.238 e. The molecule has 0 aromatic heterocycles. The zero-order valence-corrected chi connectivity index (χ0v) is 12.0. The summed E-state index contributed by atoms with van der Waals surface area (Å²) >= 11 is 0. The van der Waals surface area contributed by atoms with Gasteiger partial charge in [0.2, 0.25) is 5.91 Å². The molecule has 4 aliphatic rings. The van der Waals surface area contributed by atoms with Gasteiger partial charge >= 0.3 is 0 Å². The Morgan fingerprint density at radius 2 is 2.14 bits per heavy atom. The summed E-state index contributed by atoms with van der Waals surface area (Å²) in [5.41, 5.74) is 6.61. The second-order valence-corrected chi connectivity index (χ2v) is 6.16. The summed E-state index contributed by atoms with van der Waals surface area (Å²) in [5, 5.41) is 1.67. The van der Waals surface area contributed by atoms with Gasteiger partial charge in [-0.3, -0.25) is 10.2 Å². The Kier molecular flexibility index (Phi) is 2.79. The van der Waals surface area contributed by atoms with Crippen LogP contribution in [0.15, 0.2) is 35.7 Å². The van der Waals surface area contributed by atoms with Crippen molar-refractivity contribution in [1.82, 2.24) is 10.4 Å². The van der Waals surface area contributed by atoms with Crippen LogP contribution in [0.1, 0.15) is 31.4 Å². The third-order valence-corrected chi connectivity index (χ3v) is 4.94. The number of piperidine rings is 1. The van der Waals surface area contributed by atoms with Crippen LogP contribution in [0.3, 0.4) is 0 Å². The van der Waals surface area contributed by atoms with Crippen molar-refractivity contribution in [3.05, 3.63) is 47.0 Å². The number of rotatable bonds is 1. The van der Waals surface area contributed by atoms with E-state index in [1.807, 2.05) is 6.07 Å². The Morgan fingerprint density at radius 1 is 1.38 bits per heavy atom. The van der Waals surface area contributed by atoms with Crippen molar-refractivity contribution in [1.29, 1.82) is 0 Å². The zero-order valence-electron chi connectivity index (χ0n) is 12.0. The number of amides is 1. The normalized spacial score (nSPS) is 30.4. The highest BCUT2D eigenvalue weighted by atomic mass is 19.1. The summed E-state index contributed by atoms with van der Waals surface area (Å²) in [4.78, 5) is 13.5. The van der Waals surface area contributed by atoms with Crippen molar-refractivity contribution < 1.29 is 14.1 Å². The van der Waals surface area contributed by atoms with Crippen molar-refractivity contribution in [2.45, 2.75) is 25.8 Å². The molecule has 1 aromatic rings. The van der Waals surface area contributed by atoms with E-state index in [4.69, 9.17) is 0 Å². The smallest absolute Gasteiger partial charge is 0.238 e. The van der Waals surface area contributed by atoms with E-state index < -0.39 is 0 Å². The molecule has 0 spiro atoms. The van der Waals surface area contributed by atoms with Crippen LogP contribution in [-0.4, -0.2) is 24.0 Å². The van der Waals surface area contributed by atoms with E-state index in [9.17, 15) is 9.18 Å². The maximum absolute atomic E-state index is 13.6. The third-order valence-electron chi connectivity index (χ3n) is 4.94. The highest BCUT2D eigenvalue weighted by molar-refractivity contribution is 5.74. The van der Waals surface area contributed by atoms with Crippen LogP contribution in [0.2, 0.25) is 0 Å². The molecule has 1 atom stereocenters. The van der Waals surface area contributed by atoms with Crippen LogP contribution in [0.25, 0.3) is 0 Å². The van der Waals surface area contributed by atoms with Crippen LogP contribution in [-0.2, 0) is 4.79 Å². The fraction of sp³-hybridized carbons (Fsp3) is 0.438. The number of hydrogen-bond donors (Lipinski definition) is 2. The predicted octanol–water partition coefficient (Wildman–Crippen LogP) is 0.754. The first-order valence-corrected chi connectivity index (χ1v) is 7.56.